The molecule has 4 nitrogen and oxygen atoms in total. The molecule has 0 spiro atoms. The maximum atomic E-state index is 10.7. The zero-order chi connectivity index (χ0) is 6.62. The minimum atomic E-state index is -4.72. The molecule has 0 amide bonds. The van der Waals surface area contributed by atoms with Gasteiger partial charge in [0.15, 0.2) is 0 Å². The highest BCUT2D eigenvalue weighted by Gasteiger charge is 2.26. The molecule has 0 saturated carbocycles. The van der Waals surface area contributed by atoms with Crippen LogP contribution in [0, 0.1) is 0 Å². The fourth-order valence-electron chi connectivity index (χ4n) is 0.0432. The van der Waals surface area contributed by atoms with Crippen LogP contribution in [-0.4, -0.2) is 8.05 Å². The molecular weight excluding hydrogens is 144 g/mol. The molecule has 0 atom stereocenters. The van der Waals surface area contributed by atoms with E-state index in [1.54, 1.807) is 0 Å². The van der Waals surface area contributed by atoms with E-state index in [0.717, 1.165) is 0 Å². The summed E-state index contributed by atoms with van der Waals surface area (Å²) in [6.07, 6.45) is 0. The summed E-state index contributed by atoms with van der Waals surface area (Å²) in [6.45, 7) is 0. The SMILES string of the molecule is [B]OP(=O)(OF)OF. The van der Waals surface area contributed by atoms with E-state index in [9.17, 15) is 13.6 Å². The van der Waals surface area contributed by atoms with Crippen LogP contribution < -0.4 is 0 Å². The topological polar surface area (TPSA) is 44.8 Å². The molecule has 46 valence electrons. The number of hydrogen-bond donors (Lipinski definition) is 0. The molecule has 0 rings (SSSR count). The lowest BCUT2D eigenvalue weighted by Crippen LogP contribution is -1.84. The second-order valence-electron chi connectivity index (χ2n) is 0.691. The Morgan fingerprint density at radius 3 is 1.75 bits per heavy atom. The summed E-state index contributed by atoms with van der Waals surface area (Å²) in [5.41, 5.74) is 0. The highest BCUT2D eigenvalue weighted by Crippen LogP contribution is 2.48. The van der Waals surface area contributed by atoms with Crippen molar-refractivity contribution in [1.82, 2.24) is 0 Å². The van der Waals surface area contributed by atoms with E-state index in [0.29, 0.717) is 0 Å². The fraction of sp³-hybridized carbons (Fsp3) is 0. The van der Waals surface area contributed by atoms with Gasteiger partial charge in [0.2, 0.25) is 0 Å². The third kappa shape index (κ3) is 1.87. The van der Waals surface area contributed by atoms with Crippen molar-refractivity contribution in [1.29, 1.82) is 0 Å². The molecule has 0 aromatic heterocycles. The maximum Gasteiger partial charge on any atom is 0.521 e. The van der Waals surface area contributed by atoms with Gasteiger partial charge in [-0.05, 0) is 9.05 Å². The Labute approximate surface area is 44.6 Å². The monoisotopic (exact) mass is 144 g/mol. The van der Waals surface area contributed by atoms with E-state index < -0.39 is 7.82 Å². The summed E-state index contributed by atoms with van der Waals surface area (Å²) in [5.74, 6) is 0. The maximum absolute atomic E-state index is 10.7. The lowest BCUT2D eigenvalue weighted by Gasteiger charge is -2.00. The lowest BCUT2D eigenvalue weighted by molar-refractivity contribution is -0.107. The van der Waals surface area contributed by atoms with Crippen molar-refractivity contribution < 1.29 is 27.5 Å². The van der Waals surface area contributed by atoms with Gasteiger partial charge in [-0.1, -0.05) is 9.46 Å². The molecule has 8 heteroatoms. The molecule has 0 fully saturated rings. The van der Waals surface area contributed by atoms with E-state index in [1.165, 1.54) is 0 Å². The van der Waals surface area contributed by atoms with E-state index in [1.807, 2.05) is 0 Å². The predicted molar refractivity (Wildman–Crippen MR) is 18.8 cm³/mol. The summed E-state index contributed by atoms with van der Waals surface area (Å²) < 4.78 is 39.0. The van der Waals surface area contributed by atoms with Crippen molar-refractivity contribution in [2.45, 2.75) is 0 Å². The van der Waals surface area contributed by atoms with Gasteiger partial charge in [0.05, 0.1) is 0 Å². The van der Waals surface area contributed by atoms with Gasteiger partial charge in [0, 0.05) is 0 Å². The zero-order valence-electron chi connectivity index (χ0n) is 3.41. The van der Waals surface area contributed by atoms with E-state index in [2.05, 4.69) is 21.9 Å². The Morgan fingerprint density at radius 1 is 1.38 bits per heavy atom. The highest BCUT2D eigenvalue weighted by molar-refractivity contribution is 7.49. The predicted octanol–water partition coefficient (Wildman–Crippen LogP) is 0.997. The number of phosphoric acid groups is 1. The van der Waals surface area contributed by atoms with Crippen LogP contribution in [0.4, 0.5) is 9.05 Å². The zero-order valence-corrected chi connectivity index (χ0v) is 4.31. The van der Waals surface area contributed by atoms with Crippen LogP contribution >= 0.6 is 7.82 Å². The second-order valence-corrected chi connectivity index (χ2v) is 2.07. The van der Waals surface area contributed by atoms with Crippen molar-refractivity contribution >= 4 is 15.9 Å². The molecule has 0 N–H and O–H groups in total. The van der Waals surface area contributed by atoms with Gasteiger partial charge < -0.3 is 4.44 Å². The summed E-state index contributed by atoms with van der Waals surface area (Å²) in [6, 6.07) is 0. The fourth-order valence-corrected chi connectivity index (χ4v) is 0.130. The number of hydrogen-bond acceptors (Lipinski definition) is 4. The molecule has 0 bridgehead atoms. The van der Waals surface area contributed by atoms with Crippen molar-refractivity contribution in [3.8, 4) is 0 Å². The second kappa shape index (κ2) is 3.14. The normalized spacial score (nSPS) is 11.8. The molecule has 0 aromatic rings. The van der Waals surface area contributed by atoms with Crippen LogP contribution in [0.15, 0.2) is 0 Å². The molecule has 0 aliphatic heterocycles. The number of rotatable bonds is 3. The van der Waals surface area contributed by atoms with Crippen LogP contribution in [0.3, 0.4) is 0 Å². The van der Waals surface area contributed by atoms with E-state index in [-0.39, 0.29) is 0 Å². The number of halogens is 2. The van der Waals surface area contributed by atoms with Gasteiger partial charge in [-0.2, -0.15) is 0 Å². The molecule has 0 aromatic carbocycles. The molecule has 2 radical (unpaired) electrons. The molecule has 0 saturated heterocycles. The Hall–Kier alpha value is 0.0349. The van der Waals surface area contributed by atoms with Gasteiger partial charge in [-0.3, -0.25) is 0 Å². The molecule has 8 heavy (non-hydrogen) atoms. The van der Waals surface area contributed by atoms with Gasteiger partial charge >= 0.3 is 7.82 Å². The minimum absolute atomic E-state index is 2.35. The van der Waals surface area contributed by atoms with Crippen molar-refractivity contribution in [2.75, 3.05) is 0 Å². The average Bonchev–Trinajstić information content (AvgIpc) is 1.87. The molecule has 0 aliphatic rings. The van der Waals surface area contributed by atoms with E-state index >= 15 is 0 Å². The summed E-state index contributed by atoms with van der Waals surface area (Å²) in [7, 11) is -0.683. The average molecular weight is 144 g/mol. The largest absolute Gasteiger partial charge is 0.521 e. The lowest BCUT2D eigenvalue weighted by atomic mass is 10.6. The Bertz CT molecular complexity index is 85.2. The van der Waals surface area contributed by atoms with Crippen molar-refractivity contribution in [3.05, 3.63) is 0 Å². The van der Waals surface area contributed by atoms with Gasteiger partial charge in [0.25, 0.3) is 8.05 Å². The van der Waals surface area contributed by atoms with Crippen LogP contribution in [0.25, 0.3) is 0 Å². The molecular formula is BF2O4P. The summed E-state index contributed by atoms with van der Waals surface area (Å²) >= 11 is 0. The quantitative estimate of drug-likeness (QED) is 0.437. The van der Waals surface area contributed by atoms with Crippen LogP contribution in [0.5, 0.6) is 0 Å². The third-order valence-electron chi connectivity index (χ3n) is 0.298. The first-order valence-electron chi connectivity index (χ1n) is 1.27. The first-order chi connectivity index (χ1) is 3.68. The van der Waals surface area contributed by atoms with Gasteiger partial charge in [-0.25, -0.2) is 4.57 Å². The van der Waals surface area contributed by atoms with E-state index in [4.69, 9.17) is 0 Å². The Morgan fingerprint density at radius 2 is 1.75 bits per heavy atom. The summed E-state index contributed by atoms with van der Waals surface area (Å²) in [4.78, 5) is 0. The van der Waals surface area contributed by atoms with Gasteiger partial charge in [0.1, 0.15) is 0 Å². The third-order valence-corrected chi connectivity index (χ3v) is 0.894. The molecule has 0 aliphatic carbocycles. The smallest absolute Gasteiger partial charge is 0.359 e. The minimum Gasteiger partial charge on any atom is -0.359 e. The molecule has 0 unspecified atom stereocenters. The van der Waals surface area contributed by atoms with Crippen LogP contribution in [-0.2, 0) is 18.5 Å². The molecule has 0 heterocycles. The standard InChI is InChI=1S/BF2O4P/c1-5-8(4,6-2)7-3. The van der Waals surface area contributed by atoms with Gasteiger partial charge in [-0.15, -0.1) is 0 Å². The first kappa shape index (κ1) is 8.03. The van der Waals surface area contributed by atoms with Crippen molar-refractivity contribution in [2.24, 2.45) is 0 Å². The Kier molecular flexibility index (Phi) is 3.15. The summed E-state index contributed by atoms with van der Waals surface area (Å²) in [5, 5.41) is 0. The Balaban J connectivity index is 3.79. The van der Waals surface area contributed by atoms with Crippen molar-refractivity contribution in [3.63, 3.8) is 0 Å². The highest BCUT2D eigenvalue weighted by atomic mass is 31.2. The first-order valence-corrected chi connectivity index (χ1v) is 2.74. The van der Waals surface area contributed by atoms with Crippen LogP contribution in [0.2, 0.25) is 0 Å². The van der Waals surface area contributed by atoms with Crippen LogP contribution in [0.1, 0.15) is 0 Å².